The molecule has 5 aromatic carbocycles. The van der Waals surface area contributed by atoms with Crippen molar-refractivity contribution in [3.05, 3.63) is 156 Å². The first-order valence-electron chi connectivity index (χ1n) is 14.5. The fraction of sp³-hybridized carbons (Fsp3) is 0.0769. The zero-order valence-corrected chi connectivity index (χ0v) is 24.2. The van der Waals surface area contributed by atoms with Crippen molar-refractivity contribution in [2.24, 2.45) is 9.98 Å². The van der Waals surface area contributed by atoms with E-state index in [9.17, 15) is 0 Å². The fourth-order valence-electron chi connectivity index (χ4n) is 6.27. The number of aliphatic imine (C=N–C) groups is 2. The maximum atomic E-state index is 5.36. The number of amidine groups is 1. The van der Waals surface area contributed by atoms with Crippen LogP contribution in [0.2, 0.25) is 0 Å². The van der Waals surface area contributed by atoms with Crippen molar-refractivity contribution in [3.63, 3.8) is 0 Å². The third-order valence-electron chi connectivity index (χ3n) is 8.36. The smallest absolute Gasteiger partial charge is 0.160 e. The van der Waals surface area contributed by atoms with E-state index in [1.165, 1.54) is 21.9 Å². The van der Waals surface area contributed by atoms with Gasteiger partial charge in [-0.2, -0.15) is 0 Å². The van der Waals surface area contributed by atoms with Crippen LogP contribution in [-0.4, -0.2) is 22.5 Å². The molecular weight excluding hydrogens is 524 g/mol. The lowest BCUT2D eigenvalue weighted by Gasteiger charge is -2.29. The third-order valence-corrected chi connectivity index (χ3v) is 8.36. The highest BCUT2D eigenvalue weighted by molar-refractivity contribution is 6.02. The highest BCUT2D eigenvalue weighted by atomic mass is 14.9. The number of aromatic nitrogens is 2. The van der Waals surface area contributed by atoms with Crippen LogP contribution in [0.4, 0.5) is 0 Å². The van der Waals surface area contributed by atoms with Crippen molar-refractivity contribution in [3.8, 4) is 33.9 Å². The molecule has 1 unspecified atom stereocenters. The van der Waals surface area contributed by atoms with Gasteiger partial charge >= 0.3 is 0 Å². The van der Waals surface area contributed by atoms with Crippen molar-refractivity contribution < 1.29 is 0 Å². The summed E-state index contributed by atoms with van der Waals surface area (Å²) >= 11 is 0. The molecule has 206 valence electrons. The average molecular weight is 555 g/mol. The molecule has 43 heavy (non-hydrogen) atoms. The average Bonchev–Trinajstić information content (AvgIpc) is 3.32. The minimum Gasteiger partial charge on any atom is -0.245 e. The highest BCUT2D eigenvalue weighted by Crippen LogP contribution is 2.55. The van der Waals surface area contributed by atoms with Crippen molar-refractivity contribution in [2.45, 2.75) is 19.3 Å². The lowest BCUT2D eigenvalue weighted by atomic mass is 9.73. The van der Waals surface area contributed by atoms with E-state index in [2.05, 4.69) is 115 Å². The number of hydrogen-bond acceptors (Lipinski definition) is 3. The quantitative estimate of drug-likeness (QED) is 0.157. The summed E-state index contributed by atoms with van der Waals surface area (Å²) in [6.45, 7) is 7.98. The van der Waals surface area contributed by atoms with Crippen LogP contribution in [-0.2, 0) is 5.41 Å². The molecule has 0 amide bonds. The van der Waals surface area contributed by atoms with Crippen LogP contribution in [0, 0.1) is 0 Å². The summed E-state index contributed by atoms with van der Waals surface area (Å²) in [5.41, 5.74) is 8.96. The number of hydrogen-bond donors (Lipinski definition) is 0. The SMILES string of the molecule is C=N/C(=N\C=C/C)c1cccc(-c2nc(-c3ccccc3)c3c(n2)-c2cc4ccccc4cc2C3(C)c2ccccc2)c1. The Kier molecular flexibility index (Phi) is 6.59. The summed E-state index contributed by atoms with van der Waals surface area (Å²) in [5.74, 6) is 1.21. The zero-order chi connectivity index (χ0) is 29.4. The molecule has 0 radical (unpaired) electrons. The largest absolute Gasteiger partial charge is 0.245 e. The number of allylic oxidation sites excluding steroid dienone is 1. The van der Waals surface area contributed by atoms with Gasteiger partial charge in [0, 0.05) is 39.4 Å². The Labute approximate surface area is 251 Å². The minimum atomic E-state index is -0.458. The minimum absolute atomic E-state index is 0.458. The topological polar surface area (TPSA) is 50.5 Å². The van der Waals surface area contributed by atoms with Crippen molar-refractivity contribution in [2.75, 3.05) is 0 Å². The highest BCUT2D eigenvalue weighted by Gasteiger charge is 2.45. The molecule has 1 aliphatic rings. The van der Waals surface area contributed by atoms with E-state index in [4.69, 9.17) is 9.97 Å². The summed E-state index contributed by atoms with van der Waals surface area (Å²) in [5, 5.41) is 2.40. The molecule has 1 heterocycles. The van der Waals surface area contributed by atoms with Crippen molar-refractivity contribution in [1.82, 2.24) is 9.97 Å². The van der Waals surface area contributed by atoms with Gasteiger partial charge < -0.3 is 0 Å². The predicted octanol–water partition coefficient (Wildman–Crippen LogP) is 9.28. The molecule has 4 heteroatoms. The van der Waals surface area contributed by atoms with Crippen LogP contribution in [0.15, 0.2) is 144 Å². The van der Waals surface area contributed by atoms with Gasteiger partial charge in [0.05, 0.1) is 11.4 Å². The second kappa shape index (κ2) is 10.7. The zero-order valence-electron chi connectivity index (χ0n) is 24.2. The maximum Gasteiger partial charge on any atom is 0.160 e. The normalized spacial score (nSPS) is 15.9. The molecule has 6 aromatic rings. The molecule has 0 bridgehead atoms. The lowest BCUT2D eigenvalue weighted by Crippen LogP contribution is -2.24. The van der Waals surface area contributed by atoms with Gasteiger partial charge in [-0.1, -0.05) is 109 Å². The molecule has 0 saturated carbocycles. The van der Waals surface area contributed by atoms with Crippen LogP contribution in [0.3, 0.4) is 0 Å². The van der Waals surface area contributed by atoms with E-state index in [1.54, 1.807) is 6.20 Å². The first-order valence-corrected chi connectivity index (χ1v) is 14.5. The van der Waals surface area contributed by atoms with Gasteiger partial charge in [-0.3, -0.25) is 0 Å². The summed E-state index contributed by atoms with van der Waals surface area (Å²) < 4.78 is 0. The van der Waals surface area contributed by atoms with Crippen LogP contribution in [0.25, 0.3) is 44.7 Å². The van der Waals surface area contributed by atoms with Gasteiger partial charge in [0.1, 0.15) is 0 Å². The van der Waals surface area contributed by atoms with Crippen LogP contribution in [0.5, 0.6) is 0 Å². The van der Waals surface area contributed by atoms with Crippen LogP contribution >= 0.6 is 0 Å². The molecule has 0 aliphatic heterocycles. The van der Waals surface area contributed by atoms with Crippen molar-refractivity contribution >= 4 is 23.3 Å². The molecule has 0 fully saturated rings. The lowest BCUT2D eigenvalue weighted by molar-refractivity contribution is 0.711. The van der Waals surface area contributed by atoms with E-state index >= 15 is 0 Å². The van der Waals surface area contributed by atoms with Crippen molar-refractivity contribution in [1.29, 1.82) is 0 Å². The van der Waals surface area contributed by atoms with E-state index in [0.29, 0.717) is 11.7 Å². The van der Waals surface area contributed by atoms with Crippen LogP contribution < -0.4 is 0 Å². The summed E-state index contributed by atoms with van der Waals surface area (Å²) in [6.07, 6.45) is 3.59. The Morgan fingerprint density at radius 3 is 2.09 bits per heavy atom. The Morgan fingerprint density at radius 1 is 0.721 bits per heavy atom. The Balaban J connectivity index is 1.56. The number of rotatable bonds is 5. The molecular formula is C39H30N4. The first-order chi connectivity index (χ1) is 21.1. The summed E-state index contributed by atoms with van der Waals surface area (Å²) in [7, 11) is 0. The number of nitrogens with zero attached hydrogens (tertiary/aromatic N) is 4. The van der Waals surface area contributed by atoms with E-state index in [0.717, 1.165) is 39.2 Å². The monoisotopic (exact) mass is 554 g/mol. The predicted molar refractivity (Wildman–Crippen MR) is 179 cm³/mol. The van der Waals surface area contributed by atoms with Gasteiger partial charge in [-0.15, -0.1) is 0 Å². The molecule has 1 aromatic heterocycles. The Hall–Kier alpha value is -5.48. The number of benzene rings is 5. The van der Waals surface area contributed by atoms with Gasteiger partial charge in [-0.05, 0) is 60.7 Å². The van der Waals surface area contributed by atoms with E-state index < -0.39 is 5.41 Å². The molecule has 0 saturated heterocycles. The second-order valence-electron chi connectivity index (χ2n) is 10.9. The maximum absolute atomic E-state index is 5.36. The van der Waals surface area contributed by atoms with Gasteiger partial charge in [-0.25, -0.2) is 20.0 Å². The third kappa shape index (κ3) is 4.39. The number of fused-ring (bicyclic) bond motifs is 4. The standard InChI is InChI=1S/C39H30N4/c1-4-22-41-37(40-3)29-18-13-19-30(23-29)38-42-35(26-14-7-5-8-15-26)34-36(43-38)32-24-27-16-11-12-17-28(27)25-33(32)39(34,2)31-20-9-6-10-21-31/h4-25H,3H2,1-2H3/b22-4-,41-37-. The molecule has 1 aliphatic carbocycles. The molecule has 0 spiro atoms. The van der Waals surface area contributed by atoms with E-state index in [1.807, 2.05) is 43.3 Å². The first kappa shape index (κ1) is 26.4. The fourth-order valence-corrected chi connectivity index (χ4v) is 6.27. The summed E-state index contributed by atoms with van der Waals surface area (Å²) in [6, 6.07) is 42.4. The Bertz CT molecular complexity index is 2060. The Morgan fingerprint density at radius 2 is 1.37 bits per heavy atom. The summed E-state index contributed by atoms with van der Waals surface area (Å²) in [4.78, 5) is 19.3. The molecule has 4 nitrogen and oxygen atoms in total. The van der Waals surface area contributed by atoms with Gasteiger partial charge in [0.15, 0.2) is 11.7 Å². The molecule has 1 atom stereocenters. The molecule has 7 rings (SSSR count). The second-order valence-corrected chi connectivity index (χ2v) is 10.9. The van der Waals surface area contributed by atoms with Crippen LogP contribution in [0.1, 0.15) is 36.1 Å². The van der Waals surface area contributed by atoms with E-state index in [-0.39, 0.29) is 0 Å². The van der Waals surface area contributed by atoms with Gasteiger partial charge in [0.2, 0.25) is 0 Å². The molecule has 0 N–H and O–H groups in total. The van der Waals surface area contributed by atoms with Gasteiger partial charge in [0.25, 0.3) is 0 Å².